The van der Waals surface area contributed by atoms with Gasteiger partial charge in [-0.2, -0.15) is 0 Å². The number of ether oxygens (including phenoxy) is 8. The molecule has 0 spiro atoms. The summed E-state index contributed by atoms with van der Waals surface area (Å²) >= 11 is 0. The summed E-state index contributed by atoms with van der Waals surface area (Å²) in [5.41, 5.74) is 5.57. The molecule has 2 aliphatic rings. The number of nitrogens with zero attached hydrogens (tertiary/aromatic N) is 1. The van der Waals surface area contributed by atoms with Gasteiger partial charge in [-0.1, -0.05) is 29.8 Å². The Labute approximate surface area is 315 Å². The maximum absolute atomic E-state index is 12.8. The highest BCUT2D eigenvalue weighted by atomic mass is 16.6. The largest absolute Gasteiger partial charge is 0.493 e. The minimum Gasteiger partial charge on any atom is -0.493 e. The van der Waals surface area contributed by atoms with Crippen LogP contribution in [0.5, 0.6) is 46.0 Å². The molecular weight excluding hydrogens is 694 g/mol. The van der Waals surface area contributed by atoms with Crippen molar-refractivity contribution >= 4 is 17.3 Å². The van der Waals surface area contributed by atoms with Crippen LogP contribution in [0.15, 0.2) is 65.8 Å². The average Bonchev–Trinajstić information content (AvgIpc) is 3.70. The van der Waals surface area contributed by atoms with Crippen LogP contribution < -0.4 is 48.5 Å². The van der Waals surface area contributed by atoms with Crippen LogP contribution >= 0.6 is 0 Å². The number of carbonyl (C=O) groups excluding carboxylic acids is 1. The molecule has 0 fully saturated rings. The number of carbonyl (C=O) groups is 1. The molecule has 0 aromatic heterocycles. The first-order valence-electron chi connectivity index (χ1n) is 17.6. The molecule has 4 aromatic rings. The third-order valence-corrected chi connectivity index (χ3v) is 9.64. The lowest BCUT2D eigenvalue weighted by molar-refractivity contribution is 0.0853. The minimum atomic E-state index is -0.421. The van der Waals surface area contributed by atoms with Gasteiger partial charge in [0.25, 0.3) is 5.91 Å². The molecule has 2 N–H and O–H groups in total. The zero-order chi connectivity index (χ0) is 38.5. The fourth-order valence-corrected chi connectivity index (χ4v) is 6.36. The molecule has 1 amide bonds. The Kier molecular flexibility index (Phi) is 11.4. The normalized spacial score (nSPS) is 17.1. The zero-order valence-electron chi connectivity index (χ0n) is 32.0. The number of fused-ring (bicyclic) bond motifs is 1. The third kappa shape index (κ3) is 7.71. The van der Waals surface area contributed by atoms with Gasteiger partial charge in [0, 0.05) is 29.2 Å². The number of rotatable bonds is 15. The lowest BCUT2D eigenvalue weighted by Crippen LogP contribution is -2.38. The number of oxime groups is 1. The van der Waals surface area contributed by atoms with E-state index in [1.54, 1.807) is 42.7 Å². The number of aryl methyl sites for hydroxylation is 1. The van der Waals surface area contributed by atoms with Crippen molar-refractivity contribution in [1.82, 2.24) is 5.32 Å². The average molecular weight is 742 g/mol. The smallest absolute Gasteiger partial charge is 0.255 e. The first kappa shape index (κ1) is 37.8. The van der Waals surface area contributed by atoms with Crippen LogP contribution in [-0.4, -0.2) is 67.0 Å². The maximum Gasteiger partial charge on any atom is 0.255 e. The minimum absolute atomic E-state index is 0.0606. The van der Waals surface area contributed by atoms with Gasteiger partial charge in [0.1, 0.15) is 12.3 Å². The molecule has 4 aromatic carbocycles. The van der Waals surface area contributed by atoms with Crippen molar-refractivity contribution in [2.24, 2.45) is 11.1 Å². The molecule has 0 saturated carbocycles. The summed E-state index contributed by atoms with van der Waals surface area (Å²) < 4.78 is 46.5. The van der Waals surface area contributed by atoms with Crippen molar-refractivity contribution in [3.05, 3.63) is 88.5 Å². The molecule has 54 heavy (non-hydrogen) atoms. The van der Waals surface area contributed by atoms with Crippen LogP contribution in [0.1, 0.15) is 65.1 Å². The summed E-state index contributed by atoms with van der Waals surface area (Å²) in [6.45, 7) is 6.30. The van der Waals surface area contributed by atoms with E-state index in [1.165, 1.54) is 0 Å². The molecule has 0 saturated heterocycles. The number of nitrogens with one attached hydrogen (secondary N) is 2. The van der Waals surface area contributed by atoms with E-state index in [-0.39, 0.29) is 24.0 Å². The Morgan fingerprint density at radius 1 is 0.722 bits per heavy atom. The SMILES string of the molecule is COc1cc(C2NC(=O)c3cc(C)ccc3N2)ccc1OCC(C)C(C)Oc1c(OC)cc(C2=NOC(c3cc(OC)c(OC)c(OC)c3)C2)cc1OC. The highest BCUT2D eigenvalue weighted by molar-refractivity contribution is 6.03. The van der Waals surface area contributed by atoms with E-state index in [2.05, 4.69) is 15.8 Å². The highest BCUT2D eigenvalue weighted by Gasteiger charge is 2.30. The summed E-state index contributed by atoms with van der Waals surface area (Å²) in [6.07, 6.45) is -0.606. The van der Waals surface area contributed by atoms with Crippen molar-refractivity contribution in [2.45, 2.75) is 45.6 Å². The second-order valence-corrected chi connectivity index (χ2v) is 13.1. The van der Waals surface area contributed by atoms with Gasteiger partial charge in [0.05, 0.1) is 60.5 Å². The van der Waals surface area contributed by atoms with Crippen LogP contribution in [0.4, 0.5) is 5.69 Å². The van der Waals surface area contributed by atoms with Crippen molar-refractivity contribution in [3.63, 3.8) is 0 Å². The quantitative estimate of drug-likeness (QED) is 0.128. The van der Waals surface area contributed by atoms with Gasteiger partial charge >= 0.3 is 0 Å². The van der Waals surface area contributed by atoms with Crippen molar-refractivity contribution in [1.29, 1.82) is 0 Å². The fourth-order valence-electron chi connectivity index (χ4n) is 6.36. The van der Waals surface area contributed by atoms with Crippen LogP contribution in [0, 0.1) is 12.8 Å². The van der Waals surface area contributed by atoms with E-state index >= 15 is 0 Å². The number of hydrogen-bond donors (Lipinski definition) is 2. The Morgan fingerprint density at radius 2 is 1.35 bits per heavy atom. The van der Waals surface area contributed by atoms with Gasteiger partial charge in [-0.3, -0.25) is 4.79 Å². The van der Waals surface area contributed by atoms with Crippen molar-refractivity contribution in [2.75, 3.05) is 54.6 Å². The van der Waals surface area contributed by atoms with E-state index in [0.717, 1.165) is 27.9 Å². The van der Waals surface area contributed by atoms with E-state index in [9.17, 15) is 4.79 Å². The molecule has 2 heterocycles. The Morgan fingerprint density at radius 3 is 1.98 bits per heavy atom. The molecule has 13 nitrogen and oxygen atoms in total. The predicted octanol–water partition coefficient (Wildman–Crippen LogP) is 7.25. The molecule has 6 rings (SSSR count). The van der Waals surface area contributed by atoms with Gasteiger partial charge in [-0.05, 0) is 67.9 Å². The molecular formula is C41H47N3O10. The highest BCUT2D eigenvalue weighted by Crippen LogP contribution is 2.44. The first-order chi connectivity index (χ1) is 26.1. The summed E-state index contributed by atoms with van der Waals surface area (Å²) in [4.78, 5) is 18.7. The Balaban J connectivity index is 1.11. The predicted molar refractivity (Wildman–Crippen MR) is 203 cm³/mol. The van der Waals surface area contributed by atoms with Crippen molar-refractivity contribution in [3.8, 4) is 46.0 Å². The third-order valence-electron chi connectivity index (χ3n) is 9.64. The molecule has 13 heteroatoms. The number of methoxy groups -OCH3 is 6. The summed E-state index contributed by atoms with van der Waals surface area (Å²) in [5, 5.41) is 10.8. The van der Waals surface area contributed by atoms with Gasteiger partial charge < -0.3 is 53.4 Å². The van der Waals surface area contributed by atoms with Gasteiger partial charge in [0.15, 0.2) is 40.6 Å². The summed E-state index contributed by atoms with van der Waals surface area (Å²) in [6, 6.07) is 18.8. The van der Waals surface area contributed by atoms with E-state index in [1.807, 2.05) is 81.4 Å². The van der Waals surface area contributed by atoms with Crippen LogP contribution in [0.2, 0.25) is 0 Å². The summed E-state index contributed by atoms with van der Waals surface area (Å²) in [5.74, 6) is 3.93. The number of benzene rings is 4. The Hall–Kier alpha value is -5.98. The lowest BCUT2D eigenvalue weighted by atomic mass is 9.99. The summed E-state index contributed by atoms with van der Waals surface area (Å²) in [7, 11) is 9.46. The van der Waals surface area contributed by atoms with Crippen molar-refractivity contribution < 1.29 is 47.5 Å². The zero-order valence-corrected chi connectivity index (χ0v) is 32.0. The fraction of sp³-hybridized carbons (Fsp3) is 0.366. The van der Waals surface area contributed by atoms with Gasteiger partial charge in [-0.25, -0.2) is 0 Å². The molecule has 0 aliphatic carbocycles. The molecule has 286 valence electrons. The lowest BCUT2D eigenvalue weighted by Gasteiger charge is -2.29. The standard InChI is InChI=1S/C41H47N3O10/c1-22-10-12-29-28(14-22)41(45)43-40(42-29)25-11-13-31(33(15-25)46-4)52-21-23(2)24(3)53-39-36(49-7)16-26(17-37(39)50-8)30-20-32(54-44-30)27-18-34(47-5)38(51-9)35(19-27)48-6/h10-19,23-24,32,40,42H,20-21H2,1-9H3,(H,43,45). The topological polar surface area (TPSA) is 137 Å². The molecule has 0 radical (unpaired) electrons. The van der Waals surface area contributed by atoms with E-state index in [4.69, 9.17) is 42.7 Å². The van der Waals surface area contributed by atoms with Gasteiger partial charge in [-0.15, -0.1) is 0 Å². The van der Waals surface area contributed by atoms with E-state index in [0.29, 0.717) is 70.3 Å². The molecule has 2 aliphatic heterocycles. The first-order valence-corrected chi connectivity index (χ1v) is 17.6. The second-order valence-electron chi connectivity index (χ2n) is 13.1. The van der Waals surface area contributed by atoms with Crippen LogP contribution in [0.25, 0.3) is 0 Å². The maximum atomic E-state index is 12.8. The monoisotopic (exact) mass is 741 g/mol. The molecule has 4 unspecified atom stereocenters. The second kappa shape index (κ2) is 16.4. The number of hydrogen-bond acceptors (Lipinski definition) is 12. The van der Waals surface area contributed by atoms with Gasteiger partial charge in [0.2, 0.25) is 11.5 Å². The Bertz CT molecular complexity index is 1980. The number of amides is 1. The van der Waals surface area contributed by atoms with E-state index < -0.39 is 6.17 Å². The van der Waals surface area contributed by atoms with Crippen LogP contribution in [-0.2, 0) is 4.84 Å². The molecule has 4 atom stereocenters. The number of anilines is 1. The molecule has 0 bridgehead atoms. The van der Waals surface area contributed by atoms with Crippen LogP contribution in [0.3, 0.4) is 0 Å².